The minimum Gasteiger partial charge on any atom is -0.372 e. The van der Waals surface area contributed by atoms with Gasteiger partial charge in [-0.25, -0.2) is 0 Å². The van der Waals surface area contributed by atoms with Crippen LogP contribution in [0.5, 0.6) is 0 Å². The van der Waals surface area contributed by atoms with Gasteiger partial charge in [0.15, 0.2) is 0 Å². The lowest BCUT2D eigenvalue weighted by Gasteiger charge is -2.29. The standard InChI is InChI=1S/C12H17N3O.C8H12.C6H10S.CH3NO/c1-13-12(16)10-2-4-11(5-3-10)15-8-6-14-7-9-15;1-2-8-6-4-3-5-7-8;1-3-5-6-7-4-2;2-1-3/h2-5,14H,6-9H2,1H3,(H,13,16);3-4,6H,2,5,7H2,1H3;3,5-6H,1,4H2,2H3;1H,(H2,2,3)/b;;6-5-;. The van der Waals surface area contributed by atoms with Crippen LogP contribution in [0.15, 0.2) is 72.2 Å². The number of nitrogens with one attached hydrogen (secondary N) is 2. The molecule has 1 aromatic rings. The molecule has 188 valence electrons. The number of hydrogen-bond acceptors (Lipinski definition) is 5. The molecular formula is C27H42N4O2S. The first-order chi connectivity index (χ1) is 16.6. The van der Waals surface area contributed by atoms with Gasteiger partial charge >= 0.3 is 0 Å². The van der Waals surface area contributed by atoms with Crippen molar-refractivity contribution in [1.82, 2.24) is 10.6 Å². The maximum absolute atomic E-state index is 11.4. The minimum atomic E-state index is -0.0353. The van der Waals surface area contributed by atoms with Crippen LogP contribution < -0.4 is 21.3 Å². The van der Waals surface area contributed by atoms with Crippen molar-refractivity contribution in [3.05, 3.63) is 77.8 Å². The number of anilines is 1. The highest BCUT2D eigenvalue weighted by Crippen LogP contribution is 2.16. The number of carbonyl (C=O) groups excluding carboxylic acids is 2. The van der Waals surface area contributed by atoms with Crippen LogP contribution in [0.4, 0.5) is 5.69 Å². The van der Waals surface area contributed by atoms with Gasteiger partial charge in [-0.2, -0.15) is 0 Å². The molecule has 1 heterocycles. The van der Waals surface area contributed by atoms with Gasteiger partial charge < -0.3 is 21.3 Å². The summed E-state index contributed by atoms with van der Waals surface area (Å²) < 4.78 is 0. The molecule has 1 aromatic carbocycles. The third-order valence-corrected chi connectivity index (χ3v) is 5.55. The van der Waals surface area contributed by atoms with E-state index < -0.39 is 0 Å². The second-order valence-corrected chi connectivity index (χ2v) is 8.35. The van der Waals surface area contributed by atoms with Crippen LogP contribution in [0.3, 0.4) is 0 Å². The van der Waals surface area contributed by atoms with Crippen molar-refractivity contribution in [2.45, 2.75) is 33.1 Å². The van der Waals surface area contributed by atoms with Crippen LogP contribution in [0.25, 0.3) is 0 Å². The highest BCUT2D eigenvalue weighted by molar-refractivity contribution is 8.02. The van der Waals surface area contributed by atoms with E-state index in [1.807, 2.05) is 35.7 Å². The average Bonchev–Trinajstić information content (AvgIpc) is 2.91. The molecule has 1 aliphatic carbocycles. The molecule has 1 fully saturated rings. The van der Waals surface area contributed by atoms with E-state index in [9.17, 15) is 4.79 Å². The zero-order chi connectivity index (χ0) is 25.4. The predicted molar refractivity (Wildman–Crippen MR) is 149 cm³/mol. The van der Waals surface area contributed by atoms with Gasteiger partial charge in [-0.3, -0.25) is 9.59 Å². The Morgan fingerprint density at radius 2 is 1.88 bits per heavy atom. The molecule has 1 aliphatic heterocycles. The number of thioether (sulfide) groups is 1. The molecule has 0 aromatic heterocycles. The van der Waals surface area contributed by atoms with E-state index in [1.165, 1.54) is 24.9 Å². The lowest BCUT2D eigenvalue weighted by Crippen LogP contribution is -2.43. The molecule has 0 radical (unpaired) electrons. The molecule has 1 saturated heterocycles. The zero-order valence-corrected chi connectivity index (χ0v) is 21.8. The van der Waals surface area contributed by atoms with Crippen LogP contribution in [-0.2, 0) is 4.79 Å². The summed E-state index contributed by atoms with van der Waals surface area (Å²) in [5, 5.41) is 7.97. The topological polar surface area (TPSA) is 87.5 Å². The van der Waals surface area contributed by atoms with E-state index >= 15 is 0 Å². The maximum atomic E-state index is 11.4. The molecule has 0 unspecified atom stereocenters. The summed E-state index contributed by atoms with van der Waals surface area (Å²) in [6.07, 6.45) is 14.3. The second-order valence-electron chi connectivity index (χ2n) is 7.16. The third-order valence-electron chi connectivity index (χ3n) is 4.87. The van der Waals surface area contributed by atoms with Crippen LogP contribution in [0.1, 0.15) is 43.5 Å². The Balaban J connectivity index is 0.000000508. The SMILES string of the molecule is C=C/C=C\SCC.CCC1=CC=CCC1.CNC(=O)c1ccc(N2CCNCC2)cc1.NC=O. The second kappa shape index (κ2) is 22.0. The summed E-state index contributed by atoms with van der Waals surface area (Å²) in [6, 6.07) is 7.76. The fraction of sp³-hybridized carbons (Fsp3) is 0.407. The third kappa shape index (κ3) is 15.1. The van der Waals surface area contributed by atoms with Gasteiger partial charge in [0.05, 0.1) is 0 Å². The molecule has 2 aliphatic rings. The molecule has 0 saturated carbocycles. The normalized spacial score (nSPS) is 14.2. The van der Waals surface area contributed by atoms with Crippen LogP contribution in [0, 0.1) is 0 Å². The van der Waals surface area contributed by atoms with Gasteiger partial charge in [0.2, 0.25) is 6.41 Å². The van der Waals surface area contributed by atoms with E-state index in [2.05, 4.69) is 59.9 Å². The van der Waals surface area contributed by atoms with Crippen molar-refractivity contribution < 1.29 is 9.59 Å². The molecule has 0 atom stereocenters. The Bertz CT molecular complexity index is 767. The molecule has 0 bridgehead atoms. The number of hydrogen-bond donors (Lipinski definition) is 3. The molecular weight excluding hydrogens is 444 g/mol. The molecule has 3 rings (SSSR count). The van der Waals surface area contributed by atoms with E-state index in [-0.39, 0.29) is 12.3 Å². The summed E-state index contributed by atoms with van der Waals surface area (Å²) in [5.41, 5.74) is 7.66. The summed E-state index contributed by atoms with van der Waals surface area (Å²) in [6.45, 7) is 12.0. The largest absolute Gasteiger partial charge is 0.372 e. The Kier molecular flexibility index (Phi) is 20.2. The first kappa shape index (κ1) is 31.2. The number of carbonyl (C=O) groups is 2. The average molecular weight is 487 g/mol. The molecule has 6 nitrogen and oxygen atoms in total. The van der Waals surface area contributed by atoms with Gasteiger partial charge in [-0.05, 0) is 54.7 Å². The smallest absolute Gasteiger partial charge is 0.251 e. The highest BCUT2D eigenvalue weighted by atomic mass is 32.2. The van der Waals surface area contributed by atoms with Gasteiger partial charge in [0.1, 0.15) is 0 Å². The van der Waals surface area contributed by atoms with Crippen LogP contribution >= 0.6 is 11.8 Å². The first-order valence-corrected chi connectivity index (χ1v) is 12.8. The maximum Gasteiger partial charge on any atom is 0.251 e. The van der Waals surface area contributed by atoms with E-state index in [1.54, 1.807) is 30.5 Å². The van der Waals surface area contributed by atoms with Crippen molar-refractivity contribution in [2.75, 3.05) is 43.9 Å². The van der Waals surface area contributed by atoms with Crippen LogP contribution in [0.2, 0.25) is 0 Å². The molecule has 4 N–H and O–H groups in total. The van der Waals surface area contributed by atoms with Crippen molar-refractivity contribution in [2.24, 2.45) is 5.73 Å². The highest BCUT2D eigenvalue weighted by Gasteiger charge is 2.10. The summed E-state index contributed by atoms with van der Waals surface area (Å²) in [4.78, 5) is 22.3. The molecule has 0 spiro atoms. The molecule has 34 heavy (non-hydrogen) atoms. The Labute approximate surface area is 210 Å². The van der Waals surface area contributed by atoms with E-state index in [4.69, 9.17) is 4.79 Å². The number of nitrogens with two attached hydrogens (primary N) is 1. The lowest BCUT2D eigenvalue weighted by atomic mass is 10.0. The number of primary amides is 1. The number of allylic oxidation sites excluding steroid dienone is 6. The van der Waals surface area contributed by atoms with E-state index in [0.717, 1.165) is 31.9 Å². The van der Waals surface area contributed by atoms with Gasteiger partial charge in [0.25, 0.3) is 5.91 Å². The zero-order valence-electron chi connectivity index (χ0n) is 21.0. The van der Waals surface area contributed by atoms with Gasteiger partial charge in [-0.1, -0.05) is 56.4 Å². The summed E-state index contributed by atoms with van der Waals surface area (Å²) >= 11 is 1.78. The van der Waals surface area contributed by atoms with E-state index in [0.29, 0.717) is 5.56 Å². The van der Waals surface area contributed by atoms with Crippen molar-refractivity contribution in [3.8, 4) is 0 Å². The number of nitrogens with zero attached hydrogens (tertiary/aromatic N) is 1. The Morgan fingerprint density at radius 1 is 1.24 bits per heavy atom. The Hall–Kier alpha value is -2.77. The number of piperazine rings is 1. The summed E-state index contributed by atoms with van der Waals surface area (Å²) in [5.74, 6) is 1.11. The van der Waals surface area contributed by atoms with Crippen molar-refractivity contribution in [3.63, 3.8) is 0 Å². The predicted octanol–water partition coefficient (Wildman–Crippen LogP) is 4.67. The van der Waals surface area contributed by atoms with Gasteiger partial charge in [0, 0.05) is 44.5 Å². The number of amides is 2. The quantitative estimate of drug-likeness (QED) is 0.402. The molecule has 2 amide bonds. The van der Waals surface area contributed by atoms with Crippen molar-refractivity contribution in [1.29, 1.82) is 0 Å². The van der Waals surface area contributed by atoms with Gasteiger partial charge in [-0.15, -0.1) is 11.8 Å². The lowest BCUT2D eigenvalue weighted by molar-refractivity contribution is -0.106. The number of benzene rings is 1. The van der Waals surface area contributed by atoms with Crippen molar-refractivity contribution >= 4 is 29.8 Å². The van der Waals surface area contributed by atoms with Crippen LogP contribution in [-0.4, -0.2) is 51.3 Å². The monoisotopic (exact) mass is 486 g/mol. The first-order valence-electron chi connectivity index (χ1n) is 11.7. The fourth-order valence-electron chi connectivity index (χ4n) is 3.05. The molecule has 7 heteroatoms. The summed E-state index contributed by atoms with van der Waals surface area (Å²) in [7, 11) is 1.65. The Morgan fingerprint density at radius 3 is 2.32 bits per heavy atom. The minimum absolute atomic E-state index is 0.0353. The fourth-order valence-corrected chi connectivity index (χ4v) is 3.46. The number of rotatable bonds is 6.